The molecule has 12 aromatic rings. The first-order chi connectivity index (χ1) is 39.9. The number of hydrogen-bond donors (Lipinski definition) is 0. The average Bonchev–Trinajstić information content (AvgIpc) is 3.92. The van der Waals surface area contributed by atoms with E-state index in [1.165, 1.54) is 66.2 Å². The molecule has 0 spiro atoms. The van der Waals surface area contributed by atoms with Gasteiger partial charge < -0.3 is 18.9 Å². The molecule has 82 heavy (non-hydrogen) atoms. The molecular formula is C74H66N8. The van der Waals surface area contributed by atoms with Gasteiger partial charge in [-0.15, -0.1) is 5.11 Å². The van der Waals surface area contributed by atoms with Gasteiger partial charge in [-0.05, 0) is 159 Å². The Hall–Kier alpha value is -10.3. The van der Waals surface area contributed by atoms with Crippen LogP contribution in [0.3, 0.4) is 0 Å². The smallest absolute Gasteiger partial charge is 0.310 e. The number of nitriles is 1. The van der Waals surface area contributed by atoms with Gasteiger partial charge in [0, 0.05) is 80.9 Å². The van der Waals surface area contributed by atoms with Crippen molar-refractivity contribution in [1.29, 1.82) is 5.26 Å². The number of aromatic nitrogens is 2. The number of nitrogens with zero attached hydrogens (tertiary/aromatic N) is 8. The highest BCUT2D eigenvalue weighted by Crippen LogP contribution is 2.42. The molecule has 0 amide bonds. The summed E-state index contributed by atoms with van der Waals surface area (Å²) >= 11 is 0. The first-order valence-corrected chi connectivity index (χ1v) is 27.8. The fourth-order valence-electron chi connectivity index (χ4n) is 10.2. The van der Waals surface area contributed by atoms with Crippen molar-refractivity contribution in [2.75, 3.05) is 9.80 Å². The van der Waals surface area contributed by atoms with Gasteiger partial charge in [0.25, 0.3) is 0 Å². The standard InChI is InChI=1S/C34H30N2.C32H24N2.C8H12N4/c1-3-25(2)26-18-20-29(21-19-26)35(27-12-6-4-7-13-27)30-22-23-34-32(24-30)31-16-10-11-17-33(31)36(34)28-14-8-5-9-15-28;1-2-24-17-19-27(20-18-24)33(25-11-5-3-6-12-25)28-21-22-32-30(23-28)29-15-9-10-16-31(29)34(32)26-13-7-4-8-14-26;1-7(2,6-9)11-12-8(3,4)10-5/h4-25H,3H2,1-2H3;2-23H,1H2;1-4H3. The molecule has 1 atom stereocenters. The van der Waals surface area contributed by atoms with E-state index >= 15 is 0 Å². The average molecular weight is 1070 g/mol. The Labute approximate surface area is 482 Å². The minimum absolute atomic E-state index is 0.560. The maximum atomic E-state index is 8.58. The summed E-state index contributed by atoms with van der Waals surface area (Å²) in [6, 6.07) is 92.9. The van der Waals surface area contributed by atoms with E-state index in [9.17, 15) is 0 Å². The Morgan fingerprint density at radius 2 is 0.854 bits per heavy atom. The van der Waals surface area contributed by atoms with Crippen molar-refractivity contribution in [3.63, 3.8) is 0 Å². The molecule has 8 nitrogen and oxygen atoms in total. The minimum atomic E-state index is -0.853. The van der Waals surface area contributed by atoms with Crippen LogP contribution in [-0.4, -0.2) is 20.3 Å². The summed E-state index contributed by atoms with van der Waals surface area (Å²) in [5.41, 5.74) is 14.8. The van der Waals surface area contributed by atoms with Crippen LogP contribution in [0.2, 0.25) is 0 Å². The Kier molecular flexibility index (Phi) is 16.4. The van der Waals surface area contributed by atoms with Gasteiger partial charge in [-0.1, -0.05) is 160 Å². The summed E-state index contributed by atoms with van der Waals surface area (Å²) in [6.45, 7) is 21.8. The second-order valence-electron chi connectivity index (χ2n) is 21.3. The van der Waals surface area contributed by atoms with Crippen LogP contribution >= 0.6 is 0 Å². The summed E-state index contributed by atoms with van der Waals surface area (Å²) in [6.07, 6.45) is 3.02. The summed E-state index contributed by atoms with van der Waals surface area (Å²) in [7, 11) is 0. The molecule has 12 rings (SSSR count). The van der Waals surface area contributed by atoms with Crippen LogP contribution < -0.4 is 9.80 Å². The lowest BCUT2D eigenvalue weighted by molar-refractivity contribution is 0.531. The predicted octanol–water partition coefficient (Wildman–Crippen LogP) is 21.1. The lowest BCUT2D eigenvalue weighted by Gasteiger charge is -2.26. The molecule has 1 unspecified atom stereocenters. The Balaban J connectivity index is 0.000000154. The molecule has 0 aliphatic carbocycles. The molecule has 2 heterocycles. The Bertz CT molecular complexity index is 4210. The lowest BCUT2D eigenvalue weighted by atomic mass is 9.98. The number of rotatable bonds is 13. The summed E-state index contributed by atoms with van der Waals surface area (Å²) in [4.78, 5) is 7.90. The molecule has 0 saturated carbocycles. The topological polar surface area (TPSA) is 69.2 Å². The number of fused-ring (bicyclic) bond motifs is 6. The van der Waals surface area contributed by atoms with E-state index < -0.39 is 11.2 Å². The van der Waals surface area contributed by atoms with Gasteiger partial charge in [-0.3, -0.25) is 4.85 Å². The van der Waals surface area contributed by atoms with Crippen LogP contribution in [0.1, 0.15) is 65.0 Å². The molecule has 0 bridgehead atoms. The number of anilines is 6. The highest BCUT2D eigenvalue weighted by atomic mass is 15.2. The number of hydrogen-bond acceptors (Lipinski definition) is 5. The van der Waals surface area contributed by atoms with Crippen LogP contribution in [0.5, 0.6) is 0 Å². The van der Waals surface area contributed by atoms with Crippen LogP contribution in [0.15, 0.2) is 272 Å². The summed E-state index contributed by atoms with van der Waals surface area (Å²) in [5.74, 6) is 0.560. The highest BCUT2D eigenvalue weighted by Gasteiger charge is 2.24. The molecule has 0 saturated heterocycles. The van der Waals surface area contributed by atoms with Gasteiger partial charge in [-0.2, -0.15) is 10.4 Å². The van der Waals surface area contributed by atoms with Crippen LogP contribution in [0.25, 0.3) is 65.9 Å². The molecule has 2 aromatic heterocycles. The second-order valence-corrected chi connectivity index (χ2v) is 21.3. The largest absolute Gasteiger partial charge is 0.335 e. The first-order valence-electron chi connectivity index (χ1n) is 27.8. The highest BCUT2D eigenvalue weighted by molar-refractivity contribution is 6.12. The molecule has 0 fully saturated rings. The normalized spacial score (nSPS) is 11.8. The van der Waals surface area contributed by atoms with E-state index in [-0.39, 0.29) is 0 Å². The quantitative estimate of drug-likeness (QED) is 0.0853. The van der Waals surface area contributed by atoms with Crippen molar-refractivity contribution in [1.82, 2.24) is 9.13 Å². The monoisotopic (exact) mass is 1070 g/mol. The number of azo groups is 1. The molecule has 0 aliphatic heterocycles. The van der Waals surface area contributed by atoms with E-state index in [0.29, 0.717) is 5.92 Å². The fraction of sp³-hybridized carbons (Fsp3) is 0.135. The maximum Gasteiger partial charge on any atom is 0.335 e. The third kappa shape index (κ3) is 11.8. The van der Waals surface area contributed by atoms with E-state index in [2.05, 4.69) is 309 Å². The Morgan fingerprint density at radius 3 is 1.26 bits per heavy atom. The summed E-state index contributed by atoms with van der Waals surface area (Å²) < 4.78 is 4.71. The van der Waals surface area contributed by atoms with Crippen LogP contribution in [-0.2, 0) is 0 Å². The van der Waals surface area contributed by atoms with Crippen molar-refractivity contribution < 1.29 is 0 Å². The third-order valence-corrected chi connectivity index (χ3v) is 14.7. The van der Waals surface area contributed by atoms with Gasteiger partial charge in [-0.25, -0.2) is 6.57 Å². The predicted molar refractivity (Wildman–Crippen MR) is 345 cm³/mol. The lowest BCUT2D eigenvalue weighted by Crippen LogP contribution is -2.16. The maximum absolute atomic E-state index is 8.58. The first kappa shape index (κ1) is 55.1. The van der Waals surface area contributed by atoms with Crippen molar-refractivity contribution in [2.24, 2.45) is 10.2 Å². The minimum Gasteiger partial charge on any atom is -0.310 e. The van der Waals surface area contributed by atoms with Crippen LogP contribution in [0.4, 0.5) is 34.1 Å². The molecule has 8 heteroatoms. The van der Waals surface area contributed by atoms with E-state index in [0.717, 1.165) is 40.4 Å². The third-order valence-electron chi connectivity index (χ3n) is 14.7. The molecule has 0 aliphatic rings. The molecular weight excluding hydrogens is 1000 g/mol. The summed E-state index contributed by atoms with van der Waals surface area (Å²) in [5, 5.41) is 21.1. The van der Waals surface area contributed by atoms with Gasteiger partial charge in [0.15, 0.2) is 5.54 Å². The van der Waals surface area contributed by atoms with Gasteiger partial charge in [0.2, 0.25) is 0 Å². The van der Waals surface area contributed by atoms with Gasteiger partial charge >= 0.3 is 5.66 Å². The molecule has 10 aromatic carbocycles. The number of benzene rings is 10. The van der Waals surface area contributed by atoms with Crippen molar-refractivity contribution in [3.05, 3.63) is 284 Å². The molecule has 402 valence electrons. The van der Waals surface area contributed by atoms with Crippen molar-refractivity contribution >= 4 is 83.8 Å². The zero-order valence-electron chi connectivity index (χ0n) is 47.4. The zero-order chi connectivity index (χ0) is 57.2. The second kappa shape index (κ2) is 24.4. The van der Waals surface area contributed by atoms with Gasteiger partial charge in [0.05, 0.1) is 28.1 Å². The molecule has 0 N–H and O–H groups in total. The Morgan fingerprint density at radius 1 is 0.488 bits per heavy atom. The van der Waals surface area contributed by atoms with E-state index in [1.54, 1.807) is 27.7 Å². The SMILES string of the molecule is C=Cc1ccc(N(c2ccccc2)c2ccc3c(c2)c2ccccc2n3-c2ccccc2)cc1.CCC(C)c1ccc(N(c2ccccc2)c2ccc3c(c2)c2ccccc2n3-c2ccccc2)cc1.[C-]#[N+]C(C)(C)N=NC(C)(C)C#N. The molecule has 0 radical (unpaired) electrons. The number of para-hydroxylation sites is 6. The van der Waals surface area contributed by atoms with Crippen LogP contribution in [0, 0.1) is 17.9 Å². The van der Waals surface area contributed by atoms with Crippen molar-refractivity contribution in [2.45, 2.75) is 65.1 Å². The van der Waals surface area contributed by atoms with Crippen molar-refractivity contribution in [3.8, 4) is 17.4 Å². The van der Waals surface area contributed by atoms with E-state index in [1.807, 2.05) is 12.1 Å². The van der Waals surface area contributed by atoms with Gasteiger partial charge in [0.1, 0.15) is 0 Å². The van der Waals surface area contributed by atoms with E-state index in [4.69, 9.17) is 11.8 Å². The fourth-order valence-corrected chi connectivity index (χ4v) is 10.2. The zero-order valence-corrected chi connectivity index (χ0v) is 47.4.